The van der Waals surface area contributed by atoms with Crippen molar-refractivity contribution in [2.24, 2.45) is 0 Å². The van der Waals surface area contributed by atoms with Gasteiger partial charge in [-0.15, -0.1) is 0 Å². The summed E-state index contributed by atoms with van der Waals surface area (Å²) in [6.07, 6.45) is 0.857. The van der Waals surface area contributed by atoms with Crippen LogP contribution in [0.15, 0.2) is 42.5 Å². The molecule has 1 atom stereocenters. The van der Waals surface area contributed by atoms with Crippen LogP contribution in [-0.2, 0) is 0 Å². The minimum Gasteiger partial charge on any atom is -0.320 e. The lowest BCUT2D eigenvalue weighted by Crippen LogP contribution is -2.19. The van der Waals surface area contributed by atoms with E-state index in [1.165, 1.54) is 0 Å². The largest absolute Gasteiger partial charge is 0.320 e. The zero-order valence-corrected chi connectivity index (χ0v) is 13.6. The van der Waals surface area contributed by atoms with Gasteiger partial charge in [-0.2, -0.15) is 15.0 Å². The SMILES string of the molecule is CNCC[C@@H](c1ccc(Cl)c(Cl)c1)n1nc2ccccc2n1. The van der Waals surface area contributed by atoms with Crippen LogP contribution in [0.2, 0.25) is 10.0 Å². The van der Waals surface area contributed by atoms with E-state index in [9.17, 15) is 0 Å². The summed E-state index contributed by atoms with van der Waals surface area (Å²) in [7, 11) is 1.93. The van der Waals surface area contributed by atoms with Gasteiger partial charge in [0.05, 0.1) is 16.1 Å². The second kappa shape index (κ2) is 6.65. The van der Waals surface area contributed by atoms with Gasteiger partial charge in [-0.25, -0.2) is 0 Å². The molecule has 1 aromatic heterocycles. The molecule has 1 heterocycles. The highest BCUT2D eigenvalue weighted by molar-refractivity contribution is 6.42. The molecule has 1 N–H and O–H groups in total. The Kier molecular flexibility index (Phi) is 4.62. The Bertz CT molecular complexity index is 752. The lowest BCUT2D eigenvalue weighted by atomic mass is 10.0. The zero-order valence-electron chi connectivity index (χ0n) is 12.1. The van der Waals surface area contributed by atoms with Gasteiger partial charge >= 0.3 is 0 Å². The standard InChI is InChI=1S/C16H16Cl2N4/c1-19-9-8-16(11-6-7-12(17)13(18)10-11)22-20-14-4-2-3-5-15(14)21-22/h2-7,10,16,19H,8-9H2,1H3/t16-/m0/s1. The molecule has 3 aromatic rings. The Morgan fingerprint density at radius 1 is 1.05 bits per heavy atom. The summed E-state index contributed by atoms with van der Waals surface area (Å²) < 4.78 is 0. The van der Waals surface area contributed by atoms with Crippen LogP contribution < -0.4 is 5.32 Å². The van der Waals surface area contributed by atoms with Gasteiger partial charge in [0.25, 0.3) is 0 Å². The van der Waals surface area contributed by atoms with Gasteiger partial charge in [0, 0.05) is 0 Å². The van der Waals surface area contributed by atoms with Gasteiger partial charge in [-0.1, -0.05) is 41.4 Å². The monoisotopic (exact) mass is 334 g/mol. The van der Waals surface area contributed by atoms with E-state index in [0.717, 1.165) is 29.6 Å². The van der Waals surface area contributed by atoms with Crippen LogP contribution in [0, 0.1) is 0 Å². The maximum Gasteiger partial charge on any atom is 0.113 e. The molecule has 22 heavy (non-hydrogen) atoms. The van der Waals surface area contributed by atoms with Crippen molar-refractivity contribution in [2.45, 2.75) is 12.5 Å². The van der Waals surface area contributed by atoms with Crippen molar-refractivity contribution < 1.29 is 0 Å². The number of nitrogens with zero attached hydrogens (tertiary/aromatic N) is 3. The van der Waals surface area contributed by atoms with Gasteiger partial charge in [-0.3, -0.25) is 0 Å². The van der Waals surface area contributed by atoms with Gasteiger partial charge in [0.2, 0.25) is 0 Å². The van der Waals surface area contributed by atoms with Crippen LogP contribution in [0.1, 0.15) is 18.0 Å². The van der Waals surface area contributed by atoms with E-state index in [-0.39, 0.29) is 6.04 Å². The molecule has 0 amide bonds. The molecule has 0 radical (unpaired) electrons. The molecule has 114 valence electrons. The number of halogens is 2. The van der Waals surface area contributed by atoms with Crippen LogP contribution in [0.5, 0.6) is 0 Å². The van der Waals surface area contributed by atoms with Gasteiger partial charge in [0.1, 0.15) is 11.0 Å². The van der Waals surface area contributed by atoms with Crippen LogP contribution in [0.4, 0.5) is 0 Å². The normalized spacial score (nSPS) is 12.7. The second-order valence-corrected chi connectivity index (χ2v) is 5.91. The molecular formula is C16H16Cl2N4. The highest BCUT2D eigenvalue weighted by atomic mass is 35.5. The first-order chi connectivity index (χ1) is 10.7. The predicted molar refractivity (Wildman–Crippen MR) is 90.7 cm³/mol. The molecule has 0 saturated heterocycles. The highest BCUT2D eigenvalue weighted by Crippen LogP contribution is 2.28. The second-order valence-electron chi connectivity index (χ2n) is 5.09. The fourth-order valence-corrected chi connectivity index (χ4v) is 2.74. The van der Waals surface area contributed by atoms with E-state index in [4.69, 9.17) is 23.2 Å². The number of rotatable bonds is 5. The van der Waals surface area contributed by atoms with E-state index in [1.54, 1.807) is 4.80 Å². The Balaban J connectivity index is 2.02. The van der Waals surface area contributed by atoms with Crippen molar-refractivity contribution >= 4 is 34.2 Å². The Morgan fingerprint density at radius 2 is 1.73 bits per heavy atom. The first-order valence-electron chi connectivity index (χ1n) is 7.10. The summed E-state index contributed by atoms with van der Waals surface area (Å²) in [6, 6.07) is 13.5. The molecule has 3 rings (SSSR count). The van der Waals surface area contributed by atoms with Gasteiger partial charge in [-0.05, 0) is 49.8 Å². The molecule has 2 aromatic carbocycles. The average molecular weight is 335 g/mol. The molecular weight excluding hydrogens is 319 g/mol. The van der Waals surface area contributed by atoms with Crippen LogP contribution in [0.25, 0.3) is 11.0 Å². The number of hydrogen-bond acceptors (Lipinski definition) is 3. The molecule has 4 nitrogen and oxygen atoms in total. The van der Waals surface area contributed by atoms with Crippen molar-refractivity contribution in [3.8, 4) is 0 Å². The molecule has 0 aliphatic rings. The minimum absolute atomic E-state index is 0.00890. The van der Waals surface area contributed by atoms with E-state index < -0.39 is 0 Å². The molecule has 0 saturated carbocycles. The van der Waals surface area contributed by atoms with Crippen molar-refractivity contribution in [3.05, 3.63) is 58.1 Å². The summed E-state index contributed by atoms with van der Waals surface area (Å²) in [5.41, 5.74) is 2.82. The number of aromatic nitrogens is 3. The Morgan fingerprint density at radius 3 is 2.32 bits per heavy atom. The summed E-state index contributed by atoms with van der Waals surface area (Å²) in [4.78, 5) is 1.77. The maximum atomic E-state index is 6.16. The predicted octanol–water partition coefficient (Wildman–Crippen LogP) is 3.94. The van der Waals surface area contributed by atoms with Gasteiger partial charge < -0.3 is 5.32 Å². The van der Waals surface area contributed by atoms with E-state index in [0.29, 0.717) is 10.0 Å². The number of nitrogens with one attached hydrogen (secondary N) is 1. The van der Waals surface area contributed by atoms with Gasteiger partial charge in [0.15, 0.2) is 0 Å². The summed E-state index contributed by atoms with van der Waals surface area (Å²) in [6.45, 7) is 0.850. The van der Waals surface area contributed by atoms with Crippen molar-refractivity contribution in [1.29, 1.82) is 0 Å². The first kappa shape index (κ1) is 15.3. The highest BCUT2D eigenvalue weighted by Gasteiger charge is 2.17. The third kappa shape index (κ3) is 3.09. The lowest BCUT2D eigenvalue weighted by Gasteiger charge is -2.17. The summed E-state index contributed by atoms with van der Waals surface area (Å²) in [5.74, 6) is 0. The van der Waals surface area contributed by atoms with E-state index in [2.05, 4.69) is 15.5 Å². The smallest absolute Gasteiger partial charge is 0.113 e. The third-order valence-corrected chi connectivity index (χ3v) is 4.32. The number of benzene rings is 2. The van der Waals surface area contributed by atoms with Crippen molar-refractivity contribution in [1.82, 2.24) is 20.3 Å². The van der Waals surface area contributed by atoms with Crippen molar-refractivity contribution in [2.75, 3.05) is 13.6 Å². The molecule has 0 spiro atoms. The molecule has 0 bridgehead atoms. The third-order valence-electron chi connectivity index (χ3n) is 3.58. The average Bonchev–Trinajstić information content (AvgIpc) is 2.94. The summed E-state index contributed by atoms with van der Waals surface area (Å²) in [5, 5.41) is 13.5. The number of fused-ring (bicyclic) bond motifs is 1. The van der Waals surface area contributed by atoms with Crippen LogP contribution in [-0.4, -0.2) is 28.6 Å². The molecule has 0 aliphatic carbocycles. The zero-order chi connectivity index (χ0) is 15.5. The quantitative estimate of drug-likeness (QED) is 0.768. The van der Waals surface area contributed by atoms with E-state index in [1.807, 2.05) is 49.5 Å². The topological polar surface area (TPSA) is 42.7 Å². The molecule has 0 aliphatic heterocycles. The Hall–Kier alpha value is -1.62. The first-order valence-corrected chi connectivity index (χ1v) is 7.86. The number of hydrogen-bond donors (Lipinski definition) is 1. The van der Waals surface area contributed by atoms with Crippen LogP contribution in [0.3, 0.4) is 0 Å². The lowest BCUT2D eigenvalue weighted by molar-refractivity contribution is 0.435. The molecule has 0 unspecified atom stereocenters. The minimum atomic E-state index is 0.00890. The summed E-state index contributed by atoms with van der Waals surface area (Å²) >= 11 is 12.2. The fraction of sp³-hybridized carbons (Fsp3) is 0.250. The molecule has 6 heteroatoms. The van der Waals surface area contributed by atoms with Crippen molar-refractivity contribution in [3.63, 3.8) is 0 Å². The maximum absolute atomic E-state index is 6.16. The molecule has 0 fully saturated rings. The fourth-order valence-electron chi connectivity index (χ4n) is 2.43. The Labute approximate surface area is 139 Å². The van der Waals surface area contributed by atoms with E-state index >= 15 is 0 Å². The van der Waals surface area contributed by atoms with Crippen LogP contribution >= 0.6 is 23.2 Å².